The van der Waals surface area contributed by atoms with Gasteiger partial charge in [-0.25, -0.2) is 4.79 Å². The number of aliphatic carboxylic acids is 1. The van der Waals surface area contributed by atoms with Crippen LogP contribution in [0.15, 0.2) is 12.2 Å². The predicted octanol–water partition coefficient (Wildman–Crippen LogP) is 2.92. The van der Waals surface area contributed by atoms with Crippen LogP contribution in [0.25, 0.3) is 0 Å². The Morgan fingerprint density at radius 2 is 1.31 bits per heavy atom. The molecule has 0 aliphatic carbocycles. The lowest BCUT2D eigenvalue weighted by Crippen LogP contribution is -2.50. The summed E-state index contributed by atoms with van der Waals surface area (Å²) in [6.45, 7) is 1.68. The fourth-order valence-electron chi connectivity index (χ4n) is 3.25. The molecule has 0 aromatic carbocycles. The maximum absolute atomic E-state index is 11.6. The van der Waals surface area contributed by atoms with E-state index in [4.69, 9.17) is 5.11 Å². The van der Waals surface area contributed by atoms with E-state index in [1.165, 1.54) is 57.8 Å². The Morgan fingerprint density at radius 3 is 1.76 bits per heavy atom. The zero-order valence-electron chi connectivity index (χ0n) is 17.9. The van der Waals surface area contributed by atoms with E-state index in [1.54, 1.807) is 0 Å². The summed E-state index contributed by atoms with van der Waals surface area (Å²) in [6.07, 6.45) is 14.0. The number of aliphatic hydroxyl groups excluding tert-OH is 3. The van der Waals surface area contributed by atoms with Gasteiger partial charge in [0.2, 0.25) is 5.91 Å². The molecule has 0 saturated carbocycles. The Labute approximate surface area is 175 Å². The number of carbonyl (C=O) groups excluding carboxylic acids is 1. The highest BCUT2D eigenvalue weighted by atomic mass is 16.4. The molecule has 29 heavy (non-hydrogen) atoms. The molecule has 0 unspecified atom stereocenters. The van der Waals surface area contributed by atoms with Gasteiger partial charge in [-0.2, -0.15) is 0 Å². The van der Waals surface area contributed by atoms with Crippen LogP contribution < -0.4 is 5.32 Å². The molecule has 0 radical (unpaired) electrons. The number of aliphatic hydroxyl groups is 3. The zero-order chi connectivity index (χ0) is 21.9. The van der Waals surface area contributed by atoms with Gasteiger partial charge in [0.1, 0.15) is 6.10 Å². The van der Waals surface area contributed by atoms with E-state index >= 15 is 0 Å². The summed E-state index contributed by atoms with van der Waals surface area (Å²) in [7, 11) is 0. The van der Waals surface area contributed by atoms with Crippen LogP contribution in [0.5, 0.6) is 0 Å². The second-order valence-electron chi connectivity index (χ2n) is 7.70. The quantitative estimate of drug-likeness (QED) is 0.163. The molecule has 1 amide bonds. The molecule has 0 aromatic rings. The molecule has 7 nitrogen and oxygen atoms in total. The van der Waals surface area contributed by atoms with E-state index in [1.807, 2.05) is 0 Å². The average molecular weight is 416 g/mol. The lowest BCUT2D eigenvalue weighted by atomic mass is 9.99. The summed E-state index contributed by atoms with van der Waals surface area (Å²) in [6, 6.07) is -1.05. The molecule has 7 heteroatoms. The van der Waals surface area contributed by atoms with Gasteiger partial charge in [-0.05, 0) is 6.42 Å². The Morgan fingerprint density at radius 1 is 0.828 bits per heavy atom. The molecule has 0 saturated heterocycles. The van der Waals surface area contributed by atoms with E-state index in [-0.39, 0.29) is 0 Å². The predicted molar refractivity (Wildman–Crippen MR) is 114 cm³/mol. The van der Waals surface area contributed by atoms with Crippen molar-refractivity contribution >= 4 is 11.9 Å². The SMILES string of the molecule is CCCCCCCCCCCCCC[C@@H](O)[C@@H](O)[C@H](CO)NC(=O)C=CC(=O)O. The maximum atomic E-state index is 11.6. The second-order valence-corrected chi connectivity index (χ2v) is 7.70. The van der Waals surface area contributed by atoms with Crippen molar-refractivity contribution in [3.63, 3.8) is 0 Å². The van der Waals surface area contributed by atoms with Crippen molar-refractivity contribution in [1.82, 2.24) is 5.32 Å². The lowest BCUT2D eigenvalue weighted by molar-refractivity contribution is -0.131. The Hall–Kier alpha value is -1.44. The second kappa shape index (κ2) is 18.6. The number of unbranched alkanes of at least 4 members (excludes halogenated alkanes) is 11. The van der Waals surface area contributed by atoms with E-state index in [0.29, 0.717) is 12.5 Å². The first-order chi connectivity index (χ1) is 13.9. The van der Waals surface area contributed by atoms with Gasteiger partial charge in [-0.15, -0.1) is 0 Å². The number of carbonyl (C=O) groups is 2. The van der Waals surface area contributed by atoms with Crippen LogP contribution in [0.4, 0.5) is 0 Å². The van der Waals surface area contributed by atoms with Gasteiger partial charge in [0.05, 0.1) is 18.8 Å². The van der Waals surface area contributed by atoms with E-state index in [9.17, 15) is 24.9 Å². The third kappa shape index (κ3) is 16.1. The highest BCUT2D eigenvalue weighted by Crippen LogP contribution is 2.14. The van der Waals surface area contributed by atoms with Crippen LogP contribution in [0, 0.1) is 0 Å². The number of nitrogens with one attached hydrogen (secondary N) is 1. The van der Waals surface area contributed by atoms with E-state index in [2.05, 4.69) is 12.2 Å². The number of hydrogen-bond donors (Lipinski definition) is 5. The standard InChI is InChI=1S/C22H41NO6/c1-2-3-4-5-6-7-8-9-10-11-12-13-14-19(25)22(29)18(17-24)23-20(26)15-16-21(27)28/h15-16,18-19,22,24-25,29H,2-14,17H2,1H3,(H,23,26)(H,27,28)/t18-,19+,22-/m0/s1. The summed E-state index contributed by atoms with van der Waals surface area (Å²) in [5.41, 5.74) is 0. The van der Waals surface area contributed by atoms with Gasteiger partial charge in [-0.1, -0.05) is 84.0 Å². The lowest BCUT2D eigenvalue weighted by Gasteiger charge is -2.25. The van der Waals surface area contributed by atoms with Crippen molar-refractivity contribution in [2.24, 2.45) is 0 Å². The molecule has 0 spiro atoms. The Kier molecular flexibility index (Phi) is 17.7. The summed E-state index contributed by atoms with van der Waals surface area (Å²) in [5, 5.41) is 40.3. The molecule has 0 heterocycles. The first-order valence-electron chi connectivity index (χ1n) is 11.1. The number of carboxylic acid groups (broad SMARTS) is 1. The third-order valence-electron chi connectivity index (χ3n) is 5.06. The maximum Gasteiger partial charge on any atom is 0.328 e. The van der Waals surface area contributed by atoms with Crippen molar-refractivity contribution in [3.8, 4) is 0 Å². The molecule has 0 aromatic heterocycles. The topological polar surface area (TPSA) is 127 Å². The van der Waals surface area contributed by atoms with Crippen molar-refractivity contribution in [2.45, 2.75) is 109 Å². The van der Waals surface area contributed by atoms with Crippen LogP contribution in [-0.2, 0) is 9.59 Å². The smallest absolute Gasteiger partial charge is 0.328 e. The number of hydrogen-bond acceptors (Lipinski definition) is 5. The molecule has 0 aliphatic rings. The number of amides is 1. The largest absolute Gasteiger partial charge is 0.478 e. The van der Waals surface area contributed by atoms with Crippen molar-refractivity contribution in [1.29, 1.82) is 0 Å². The Balaban J connectivity index is 3.82. The molecule has 0 rings (SSSR count). The minimum atomic E-state index is -1.31. The van der Waals surface area contributed by atoms with E-state index < -0.39 is 36.7 Å². The van der Waals surface area contributed by atoms with Gasteiger partial charge in [0.25, 0.3) is 0 Å². The van der Waals surface area contributed by atoms with Crippen LogP contribution >= 0.6 is 0 Å². The fraction of sp³-hybridized carbons (Fsp3) is 0.818. The summed E-state index contributed by atoms with van der Waals surface area (Å²) >= 11 is 0. The van der Waals surface area contributed by atoms with Gasteiger partial charge in [-0.3, -0.25) is 4.79 Å². The minimum absolute atomic E-state index is 0.385. The van der Waals surface area contributed by atoms with Crippen molar-refractivity contribution in [2.75, 3.05) is 6.61 Å². The van der Waals surface area contributed by atoms with Gasteiger partial charge in [0.15, 0.2) is 0 Å². The van der Waals surface area contributed by atoms with Crippen molar-refractivity contribution in [3.05, 3.63) is 12.2 Å². The van der Waals surface area contributed by atoms with E-state index in [0.717, 1.165) is 25.3 Å². The molecule has 0 bridgehead atoms. The summed E-state index contributed by atoms with van der Waals surface area (Å²) in [5.74, 6) is -2.02. The van der Waals surface area contributed by atoms with Crippen LogP contribution in [-0.4, -0.2) is 57.2 Å². The average Bonchev–Trinajstić information content (AvgIpc) is 2.70. The Bertz CT molecular complexity index is 455. The molecular formula is C22H41NO6. The number of rotatable bonds is 19. The minimum Gasteiger partial charge on any atom is -0.478 e. The third-order valence-corrected chi connectivity index (χ3v) is 5.06. The molecule has 0 aliphatic heterocycles. The first-order valence-corrected chi connectivity index (χ1v) is 11.1. The van der Waals surface area contributed by atoms with Crippen LogP contribution in [0.2, 0.25) is 0 Å². The van der Waals surface area contributed by atoms with Gasteiger partial charge >= 0.3 is 5.97 Å². The van der Waals surface area contributed by atoms with Crippen molar-refractivity contribution < 1.29 is 30.0 Å². The molecular weight excluding hydrogens is 374 g/mol. The summed E-state index contributed by atoms with van der Waals surface area (Å²) < 4.78 is 0. The molecule has 0 fully saturated rings. The highest BCUT2D eigenvalue weighted by molar-refractivity contribution is 5.94. The van der Waals surface area contributed by atoms with Gasteiger partial charge in [0, 0.05) is 12.2 Å². The van der Waals surface area contributed by atoms with Gasteiger partial charge < -0.3 is 25.7 Å². The monoisotopic (exact) mass is 415 g/mol. The molecule has 3 atom stereocenters. The summed E-state index contributed by atoms with van der Waals surface area (Å²) in [4.78, 5) is 21.9. The molecule has 5 N–H and O–H groups in total. The number of carboxylic acids is 1. The fourth-order valence-corrected chi connectivity index (χ4v) is 3.25. The van der Waals surface area contributed by atoms with Crippen LogP contribution in [0.3, 0.4) is 0 Å². The molecule has 170 valence electrons. The normalized spacial score (nSPS) is 14.6. The first kappa shape index (κ1) is 27.6. The zero-order valence-corrected chi connectivity index (χ0v) is 17.9. The highest BCUT2D eigenvalue weighted by Gasteiger charge is 2.26. The van der Waals surface area contributed by atoms with Crippen LogP contribution in [0.1, 0.15) is 90.4 Å².